The fourth-order valence-corrected chi connectivity index (χ4v) is 3.06. The summed E-state index contributed by atoms with van der Waals surface area (Å²) < 4.78 is 13.2. The average Bonchev–Trinajstić information content (AvgIpc) is 2.78. The lowest BCUT2D eigenvalue weighted by molar-refractivity contribution is 0.294. The molecule has 0 saturated carbocycles. The van der Waals surface area contributed by atoms with Gasteiger partial charge in [-0.3, -0.25) is 9.36 Å². The van der Waals surface area contributed by atoms with Gasteiger partial charge in [-0.15, -0.1) is 0 Å². The van der Waals surface area contributed by atoms with Gasteiger partial charge in [0, 0.05) is 6.54 Å². The van der Waals surface area contributed by atoms with Crippen molar-refractivity contribution < 1.29 is 9.47 Å². The predicted octanol–water partition coefficient (Wildman–Crippen LogP) is 4.44. The molecular formula is C24H22N2O3. The molecule has 0 aliphatic carbocycles. The minimum Gasteiger partial charge on any atom is -0.494 e. The number of nitrogens with zero attached hydrogens (tertiary/aromatic N) is 2. The fourth-order valence-electron chi connectivity index (χ4n) is 3.06. The van der Waals surface area contributed by atoms with Gasteiger partial charge in [0.1, 0.15) is 18.1 Å². The lowest BCUT2D eigenvalue weighted by atomic mass is 10.2. The van der Waals surface area contributed by atoms with Crippen LogP contribution in [0.5, 0.6) is 11.5 Å². The van der Waals surface area contributed by atoms with Crippen molar-refractivity contribution in [1.29, 1.82) is 0 Å². The second kappa shape index (κ2) is 9.06. The van der Waals surface area contributed by atoms with E-state index in [0.717, 1.165) is 22.6 Å². The van der Waals surface area contributed by atoms with Crippen molar-refractivity contribution in [2.45, 2.75) is 19.6 Å². The number of benzene rings is 3. The van der Waals surface area contributed by atoms with Gasteiger partial charge < -0.3 is 9.47 Å². The van der Waals surface area contributed by atoms with Crippen molar-refractivity contribution in [2.75, 3.05) is 6.61 Å². The summed E-state index contributed by atoms with van der Waals surface area (Å²) in [6.45, 7) is 1.62. The molecular weight excluding hydrogens is 364 g/mol. The Hall–Kier alpha value is -3.60. The van der Waals surface area contributed by atoms with Crippen LogP contribution in [0.15, 0.2) is 90.0 Å². The van der Waals surface area contributed by atoms with Crippen molar-refractivity contribution >= 4 is 10.9 Å². The van der Waals surface area contributed by atoms with Crippen LogP contribution in [0.4, 0.5) is 0 Å². The minimum absolute atomic E-state index is 0.0180. The monoisotopic (exact) mass is 386 g/mol. The number of fused-ring (bicyclic) bond motifs is 1. The maximum absolute atomic E-state index is 12.5. The van der Waals surface area contributed by atoms with E-state index in [0.29, 0.717) is 31.6 Å². The maximum atomic E-state index is 12.5. The Balaban J connectivity index is 1.26. The minimum atomic E-state index is -0.0180. The molecule has 0 atom stereocenters. The molecule has 1 aromatic heterocycles. The van der Waals surface area contributed by atoms with Gasteiger partial charge in [0.15, 0.2) is 0 Å². The molecule has 29 heavy (non-hydrogen) atoms. The van der Waals surface area contributed by atoms with Crippen molar-refractivity contribution in [3.05, 3.63) is 101 Å². The molecule has 0 spiro atoms. The maximum Gasteiger partial charge on any atom is 0.261 e. The van der Waals surface area contributed by atoms with Crippen LogP contribution < -0.4 is 15.0 Å². The molecule has 0 radical (unpaired) electrons. The summed E-state index contributed by atoms with van der Waals surface area (Å²) in [4.78, 5) is 16.8. The fraction of sp³-hybridized carbons (Fsp3) is 0.167. The van der Waals surface area contributed by atoms with Crippen LogP contribution in [0.25, 0.3) is 10.9 Å². The first kappa shape index (κ1) is 18.7. The topological polar surface area (TPSA) is 53.4 Å². The van der Waals surface area contributed by atoms with E-state index < -0.39 is 0 Å². The largest absolute Gasteiger partial charge is 0.494 e. The number of hydrogen-bond acceptors (Lipinski definition) is 4. The Morgan fingerprint density at radius 3 is 2.28 bits per heavy atom. The van der Waals surface area contributed by atoms with E-state index in [1.165, 1.54) is 0 Å². The second-order valence-corrected chi connectivity index (χ2v) is 6.71. The summed E-state index contributed by atoms with van der Waals surface area (Å²) in [7, 11) is 0. The molecule has 0 aliphatic heterocycles. The third kappa shape index (κ3) is 4.82. The van der Waals surface area contributed by atoms with Crippen LogP contribution >= 0.6 is 0 Å². The van der Waals surface area contributed by atoms with Gasteiger partial charge in [-0.25, -0.2) is 4.98 Å². The molecule has 3 aromatic carbocycles. The van der Waals surface area contributed by atoms with Crippen LogP contribution in [0, 0.1) is 0 Å². The summed E-state index contributed by atoms with van der Waals surface area (Å²) in [5.74, 6) is 1.58. The second-order valence-electron chi connectivity index (χ2n) is 6.71. The lowest BCUT2D eigenvalue weighted by Gasteiger charge is -2.10. The van der Waals surface area contributed by atoms with Crippen molar-refractivity contribution in [3.63, 3.8) is 0 Å². The van der Waals surface area contributed by atoms with Gasteiger partial charge in [0.25, 0.3) is 5.56 Å². The van der Waals surface area contributed by atoms with Crippen LogP contribution in [0.3, 0.4) is 0 Å². The Labute approximate surface area is 169 Å². The molecule has 0 bridgehead atoms. The van der Waals surface area contributed by atoms with E-state index in [9.17, 15) is 4.79 Å². The summed E-state index contributed by atoms with van der Waals surface area (Å²) in [5, 5.41) is 0.641. The Kier molecular flexibility index (Phi) is 5.86. The quantitative estimate of drug-likeness (QED) is 0.420. The summed E-state index contributed by atoms with van der Waals surface area (Å²) in [5.41, 5.74) is 1.83. The first-order valence-electron chi connectivity index (χ1n) is 9.63. The smallest absolute Gasteiger partial charge is 0.261 e. The number of rotatable bonds is 8. The zero-order valence-electron chi connectivity index (χ0n) is 16.0. The Morgan fingerprint density at radius 2 is 1.48 bits per heavy atom. The highest BCUT2D eigenvalue weighted by Gasteiger charge is 2.03. The molecule has 5 heteroatoms. The predicted molar refractivity (Wildman–Crippen MR) is 113 cm³/mol. The van der Waals surface area contributed by atoms with E-state index >= 15 is 0 Å². The highest BCUT2D eigenvalue weighted by molar-refractivity contribution is 5.76. The molecule has 0 saturated heterocycles. The third-order valence-electron chi connectivity index (χ3n) is 4.62. The van der Waals surface area contributed by atoms with Crippen molar-refractivity contribution in [2.24, 2.45) is 0 Å². The van der Waals surface area contributed by atoms with E-state index in [1.54, 1.807) is 17.0 Å². The van der Waals surface area contributed by atoms with E-state index in [4.69, 9.17) is 9.47 Å². The number of aryl methyl sites for hydroxylation is 1. The molecule has 4 rings (SSSR count). The van der Waals surface area contributed by atoms with Gasteiger partial charge in [0.05, 0.1) is 23.8 Å². The van der Waals surface area contributed by atoms with Crippen LogP contribution in [-0.4, -0.2) is 16.2 Å². The van der Waals surface area contributed by atoms with Gasteiger partial charge in [-0.1, -0.05) is 42.5 Å². The van der Waals surface area contributed by atoms with Gasteiger partial charge in [0.2, 0.25) is 0 Å². The van der Waals surface area contributed by atoms with Gasteiger partial charge in [-0.2, -0.15) is 0 Å². The first-order valence-corrected chi connectivity index (χ1v) is 9.63. The summed E-state index contributed by atoms with van der Waals surface area (Å²) in [6, 6.07) is 25.0. The molecule has 0 fully saturated rings. The molecule has 0 N–H and O–H groups in total. The highest BCUT2D eigenvalue weighted by Crippen LogP contribution is 2.19. The summed E-state index contributed by atoms with van der Waals surface area (Å²) >= 11 is 0. The van der Waals surface area contributed by atoms with Gasteiger partial charge >= 0.3 is 0 Å². The third-order valence-corrected chi connectivity index (χ3v) is 4.62. The Bertz CT molecular complexity index is 1120. The van der Waals surface area contributed by atoms with Gasteiger partial charge in [-0.05, 0) is 48.4 Å². The van der Waals surface area contributed by atoms with Crippen LogP contribution in [0.2, 0.25) is 0 Å². The zero-order valence-corrected chi connectivity index (χ0v) is 16.0. The van der Waals surface area contributed by atoms with E-state index in [1.807, 2.05) is 72.8 Å². The SMILES string of the molecule is O=c1c2ccccc2ncn1CCCOc1ccc(OCc2ccccc2)cc1. The molecule has 1 heterocycles. The number of hydrogen-bond donors (Lipinski definition) is 0. The molecule has 0 amide bonds. The standard InChI is InChI=1S/C24H22N2O3/c27-24-22-9-4-5-10-23(22)25-18-26(24)15-6-16-28-20-11-13-21(14-12-20)29-17-19-7-2-1-3-8-19/h1-5,7-14,18H,6,15-17H2. The first-order chi connectivity index (χ1) is 14.3. The van der Waals surface area contributed by atoms with Crippen molar-refractivity contribution in [3.8, 4) is 11.5 Å². The van der Waals surface area contributed by atoms with Crippen LogP contribution in [0.1, 0.15) is 12.0 Å². The molecule has 0 unspecified atom stereocenters. The lowest BCUT2D eigenvalue weighted by Crippen LogP contribution is -2.21. The van der Waals surface area contributed by atoms with Crippen molar-refractivity contribution in [1.82, 2.24) is 9.55 Å². The van der Waals surface area contributed by atoms with E-state index in [2.05, 4.69) is 4.98 Å². The number of ether oxygens (including phenoxy) is 2. The number of para-hydroxylation sites is 1. The number of aromatic nitrogens is 2. The normalized spacial score (nSPS) is 10.8. The summed E-state index contributed by atoms with van der Waals surface area (Å²) in [6.07, 6.45) is 2.32. The zero-order chi connectivity index (χ0) is 19.9. The molecule has 4 aromatic rings. The Morgan fingerprint density at radius 1 is 0.793 bits per heavy atom. The molecule has 0 aliphatic rings. The van der Waals surface area contributed by atoms with Crippen LogP contribution in [-0.2, 0) is 13.2 Å². The molecule has 5 nitrogen and oxygen atoms in total. The highest BCUT2D eigenvalue weighted by atomic mass is 16.5. The van der Waals surface area contributed by atoms with E-state index in [-0.39, 0.29) is 5.56 Å². The molecule has 146 valence electrons. The average molecular weight is 386 g/mol.